The molecule has 0 amide bonds. The summed E-state index contributed by atoms with van der Waals surface area (Å²) in [4.78, 5) is 4.73. The molecule has 48 heavy (non-hydrogen) atoms. The van der Waals surface area contributed by atoms with Crippen LogP contribution >= 0.6 is 0 Å². The molecule has 0 aliphatic heterocycles. The third-order valence-electron chi connectivity index (χ3n) is 9.24. The Kier molecular flexibility index (Phi) is 12.1. The Bertz CT molecular complexity index is 1600. The molecule has 0 unspecified atom stereocenters. The standard InChI is InChI=1S/C45H50N2O/c1-5-34-46(41-22-14-36(7-3)15-23-41)43-26-18-38(19-27-43)30-32-45(48,40-12-10-9-11-13-40)33-31-39-20-28-44(29-21-39)47(35-6-2)42-24-16-37(8-4)17-25-42/h7-29,48H,3-6,30-35H2,1-2H3. The molecule has 0 radical (unpaired) electrons. The Hall–Kier alpha value is -4.86. The number of anilines is 4. The Labute approximate surface area is 288 Å². The predicted molar refractivity (Wildman–Crippen MR) is 208 cm³/mol. The summed E-state index contributed by atoms with van der Waals surface area (Å²) >= 11 is 0. The van der Waals surface area contributed by atoms with Crippen molar-refractivity contribution in [3.63, 3.8) is 0 Å². The van der Waals surface area contributed by atoms with Crippen molar-refractivity contribution in [1.82, 2.24) is 0 Å². The van der Waals surface area contributed by atoms with Gasteiger partial charge in [-0.15, -0.1) is 0 Å². The highest BCUT2D eigenvalue weighted by Crippen LogP contribution is 2.34. The van der Waals surface area contributed by atoms with Gasteiger partial charge in [-0.2, -0.15) is 0 Å². The van der Waals surface area contributed by atoms with Gasteiger partial charge in [0.15, 0.2) is 0 Å². The molecule has 0 saturated carbocycles. The zero-order valence-corrected chi connectivity index (χ0v) is 28.7. The largest absolute Gasteiger partial charge is 0.385 e. The maximum absolute atomic E-state index is 12.2. The fourth-order valence-electron chi connectivity index (χ4n) is 6.39. The van der Waals surface area contributed by atoms with Crippen molar-refractivity contribution in [2.75, 3.05) is 22.9 Å². The minimum Gasteiger partial charge on any atom is -0.385 e. The molecule has 5 aromatic carbocycles. The molecule has 0 aliphatic rings. The van der Waals surface area contributed by atoms with Crippen LogP contribution in [-0.2, 0) is 18.4 Å². The third kappa shape index (κ3) is 8.73. The lowest BCUT2D eigenvalue weighted by atomic mass is 9.83. The summed E-state index contributed by atoms with van der Waals surface area (Å²) in [5, 5.41) is 12.2. The molecule has 0 atom stereocenters. The molecule has 0 bridgehead atoms. The van der Waals surface area contributed by atoms with Crippen LogP contribution in [-0.4, -0.2) is 18.2 Å². The molecule has 0 fully saturated rings. The van der Waals surface area contributed by atoms with E-state index in [9.17, 15) is 5.11 Å². The van der Waals surface area contributed by atoms with E-state index in [-0.39, 0.29) is 0 Å². The van der Waals surface area contributed by atoms with Gasteiger partial charge in [0.25, 0.3) is 0 Å². The average molecular weight is 635 g/mol. The molecule has 0 aromatic heterocycles. The fourth-order valence-corrected chi connectivity index (χ4v) is 6.39. The van der Waals surface area contributed by atoms with Crippen LogP contribution < -0.4 is 9.80 Å². The van der Waals surface area contributed by atoms with Gasteiger partial charge in [-0.3, -0.25) is 0 Å². The minimum absolute atomic E-state index is 0.654. The van der Waals surface area contributed by atoms with Crippen molar-refractivity contribution < 1.29 is 5.11 Å². The number of hydrogen-bond acceptors (Lipinski definition) is 3. The number of hydrogen-bond donors (Lipinski definition) is 1. The summed E-state index contributed by atoms with van der Waals surface area (Å²) in [5.74, 6) is 0. The zero-order valence-electron chi connectivity index (χ0n) is 28.7. The second-order valence-electron chi connectivity index (χ2n) is 12.6. The number of aryl methyl sites for hydroxylation is 2. The van der Waals surface area contributed by atoms with E-state index >= 15 is 0 Å². The number of benzene rings is 5. The molecule has 246 valence electrons. The van der Waals surface area contributed by atoms with Gasteiger partial charge in [0.1, 0.15) is 0 Å². The molecule has 5 rings (SSSR count). The van der Waals surface area contributed by atoms with E-state index in [1.807, 2.05) is 30.4 Å². The van der Waals surface area contributed by atoms with Gasteiger partial charge in [0.05, 0.1) is 5.60 Å². The van der Waals surface area contributed by atoms with E-state index < -0.39 is 5.60 Å². The molecule has 5 aromatic rings. The molecule has 3 heteroatoms. The summed E-state index contributed by atoms with van der Waals surface area (Å²) < 4.78 is 0. The second kappa shape index (κ2) is 16.8. The maximum atomic E-state index is 12.2. The van der Waals surface area contributed by atoms with Crippen molar-refractivity contribution in [2.45, 2.75) is 58.0 Å². The molecule has 3 nitrogen and oxygen atoms in total. The number of nitrogens with zero attached hydrogens (tertiary/aromatic N) is 2. The van der Waals surface area contributed by atoms with E-state index in [2.05, 4.69) is 146 Å². The van der Waals surface area contributed by atoms with Crippen LogP contribution in [0.2, 0.25) is 0 Å². The van der Waals surface area contributed by atoms with Crippen LogP contribution in [0.25, 0.3) is 12.2 Å². The normalized spacial score (nSPS) is 11.2. The monoisotopic (exact) mass is 634 g/mol. The smallest absolute Gasteiger partial charge is 0.0902 e. The number of rotatable bonds is 17. The summed E-state index contributed by atoms with van der Waals surface area (Å²) in [6.07, 6.45) is 8.76. The SMILES string of the molecule is C=Cc1ccc(N(CCC)c2ccc(CCC(O)(CCc3ccc(N(CCC)c4ccc(C=C)cc4)cc3)c3ccccc3)cc2)cc1. The van der Waals surface area contributed by atoms with Crippen molar-refractivity contribution in [1.29, 1.82) is 0 Å². The van der Waals surface area contributed by atoms with E-state index in [0.29, 0.717) is 12.8 Å². The van der Waals surface area contributed by atoms with Crippen LogP contribution in [0, 0.1) is 0 Å². The summed E-state index contributed by atoms with van der Waals surface area (Å²) in [5.41, 5.74) is 9.48. The van der Waals surface area contributed by atoms with Crippen LogP contribution in [0.3, 0.4) is 0 Å². The van der Waals surface area contributed by atoms with Crippen LogP contribution in [0.1, 0.15) is 67.3 Å². The van der Waals surface area contributed by atoms with Gasteiger partial charge in [-0.05, 0) is 115 Å². The fraction of sp³-hybridized carbons (Fsp3) is 0.244. The van der Waals surface area contributed by atoms with Gasteiger partial charge in [-0.25, -0.2) is 0 Å². The average Bonchev–Trinajstić information content (AvgIpc) is 3.15. The van der Waals surface area contributed by atoms with Gasteiger partial charge in [0.2, 0.25) is 0 Å². The molecule has 0 heterocycles. The van der Waals surface area contributed by atoms with Crippen LogP contribution in [0.4, 0.5) is 22.7 Å². The highest BCUT2D eigenvalue weighted by Gasteiger charge is 2.28. The third-order valence-corrected chi connectivity index (χ3v) is 9.24. The Morgan fingerprint density at radius 3 is 1.21 bits per heavy atom. The molecular weight excluding hydrogens is 585 g/mol. The quantitative estimate of drug-likeness (QED) is 0.110. The van der Waals surface area contributed by atoms with Crippen molar-refractivity contribution in [3.8, 4) is 0 Å². The lowest BCUT2D eigenvalue weighted by molar-refractivity contribution is 0.0189. The summed E-state index contributed by atoms with van der Waals surface area (Å²) in [7, 11) is 0. The first kappa shape index (κ1) is 34.5. The molecule has 0 saturated heterocycles. The van der Waals surface area contributed by atoms with E-state index in [1.54, 1.807) is 0 Å². The highest BCUT2D eigenvalue weighted by molar-refractivity contribution is 5.66. The molecule has 0 aliphatic carbocycles. The minimum atomic E-state index is -0.930. The summed E-state index contributed by atoms with van der Waals surface area (Å²) in [6, 6.07) is 45.0. The summed E-state index contributed by atoms with van der Waals surface area (Å²) in [6.45, 7) is 14.1. The van der Waals surface area contributed by atoms with Crippen LogP contribution in [0.5, 0.6) is 0 Å². The zero-order chi connectivity index (χ0) is 33.8. The Balaban J connectivity index is 1.27. The topological polar surface area (TPSA) is 26.7 Å². The molecule has 1 N–H and O–H groups in total. The lowest BCUT2D eigenvalue weighted by Gasteiger charge is -2.30. The van der Waals surface area contributed by atoms with Crippen molar-refractivity contribution in [3.05, 3.63) is 168 Å². The Morgan fingerprint density at radius 1 is 0.521 bits per heavy atom. The van der Waals surface area contributed by atoms with E-state index in [0.717, 1.165) is 55.5 Å². The highest BCUT2D eigenvalue weighted by atomic mass is 16.3. The molecule has 0 spiro atoms. The second-order valence-corrected chi connectivity index (χ2v) is 12.6. The van der Waals surface area contributed by atoms with Gasteiger partial charge < -0.3 is 14.9 Å². The van der Waals surface area contributed by atoms with Gasteiger partial charge >= 0.3 is 0 Å². The van der Waals surface area contributed by atoms with Crippen LogP contribution in [0.15, 0.2) is 141 Å². The van der Waals surface area contributed by atoms with Crippen molar-refractivity contribution >= 4 is 34.9 Å². The van der Waals surface area contributed by atoms with E-state index in [4.69, 9.17) is 0 Å². The lowest BCUT2D eigenvalue weighted by Crippen LogP contribution is -2.27. The van der Waals surface area contributed by atoms with Gasteiger partial charge in [-0.1, -0.05) is 118 Å². The maximum Gasteiger partial charge on any atom is 0.0902 e. The number of aliphatic hydroxyl groups is 1. The Morgan fingerprint density at radius 2 is 0.875 bits per heavy atom. The first-order valence-corrected chi connectivity index (χ1v) is 17.4. The molecular formula is C45H50N2O. The van der Waals surface area contributed by atoms with Crippen molar-refractivity contribution in [2.24, 2.45) is 0 Å². The first-order valence-electron chi connectivity index (χ1n) is 17.4. The van der Waals surface area contributed by atoms with Gasteiger partial charge in [0, 0.05) is 35.8 Å². The predicted octanol–water partition coefficient (Wildman–Crippen LogP) is 11.5. The first-order chi connectivity index (χ1) is 23.5. The van der Waals surface area contributed by atoms with E-state index in [1.165, 1.54) is 33.9 Å².